The van der Waals surface area contributed by atoms with Crippen LogP contribution in [0.2, 0.25) is 0 Å². The number of allylic oxidation sites excluding steroid dienone is 1. The zero-order valence-electron chi connectivity index (χ0n) is 23.2. The molecule has 3 aliphatic rings. The highest BCUT2D eigenvalue weighted by Crippen LogP contribution is 2.41. The number of carbonyl (C=O) groups is 1. The molecule has 2 aliphatic heterocycles. The summed E-state index contributed by atoms with van der Waals surface area (Å²) >= 11 is 0. The van der Waals surface area contributed by atoms with Crippen molar-refractivity contribution in [2.45, 2.75) is 31.7 Å². The van der Waals surface area contributed by atoms with E-state index >= 15 is 0 Å². The fourth-order valence-electron chi connectivity index (χ4n) is 5.79. The van der Waals surface area contributed by atoms with Crippen LogP contribution in [0.4, 0.5) is 26.4 Å². The Morgan fingerprint density at radius 2 is 1.79 bits per heavy atom. The van der Waals surface area contributed by atoms with Crippen LogP contribution in [0, 0.1) is 0 Å². The van der Waals surface area contributed by atoms with E-state index in [1.54, 1.807) is 12.5 Å². The van der Waals surface area contributed by atoms with E-state index in [-0.39, 0.29) is 11.6 Å². The van der Waals surface area contributed by atoms with Crippen molar-refractivity contribution < 1.29 is 13.6 Å². The fraction of sp³-hybridized carbons (Fsp3) is 0.367. The molecule has 0 radical (unpaired) electrons. The minimum Gasteiger partial charge on any atom is -0.357 e. The van der Waals surface area contributed by atoms with Crippen LogP contribution in [0.1, 0.15) is 31.4 Å². The Balaban J connectivity index is 1.02. The normalized spacial score (nSPS) is 19.2. The van der Waals surface area contributed by atoms with Crippen LogP contribution >= 0.6 is 0 Å². The van der Waals surface area contributed by atoms with Crippen molar-refractivity contribution in [2.24, 2.45) is 0 Å². The molecule has 1 atom stereocenters. The molecule has 5 heterocycles. The van der Waals surface area contributed by atoms with Crippen LogP contribution < -0.4 is 10.2 Å². The number of hydrogen-bond acceptors (Lipinski definition) is 8. The summed E-state index contributed by atoms with van der Waals surface area (Å²) in [5.74, 6) is -1.39. The van der Waals surface area contributed by atoms with Crippen molar-refractivity contribution in [3.8, 4) is 11.3 Å². The second-order valence-corrected chi connectivity index (χ2v) is 11.1. The number of fused-ring (bicyclic) bond motifs is 1. The summed E-state index contributed by atoms with van der Waals surface area (Å²) in [6.07, 6.45) is 6.49. The first-order chi connectivity index (χ1) is 20.3. The molecule has 2 N–H and O–H groups in total. The summed E-state index contributed by atoms with van der Waals surface area (Å²) in [7, 11) is 0. The Morgan fingerprint density at radius 1 is 1.00 bits per heavy atom. The van der Waals surface area contributed by atoms with E-state index in [2.05, 4.69) is 47.0 Å². The highest BCUT2D eigenvalue weighted by atomic mass is 19.3. The number of halogens is 2. The van der Waals surface area contributed by atoms with Crippen molar-refractivity contribution in [1.29, 1.82) is 0 Å². The number of aromatic amines is 1. The summed E-state index contributed by atoms with van der Waals surface area (Å²) in [6.45, 7) is 6.20. The van der Waals surface area contributed by atoms with Gasteiger partial charge in [-0.25, -0.2) is 19.9 Å². The molecule has 0 spiro atoms. The predicted octanol–water partition coefficient (Wildman–Crippen LogP) is 4.54. The third kappa shape index (κ3) is 5.18. The van der Waals surface area contributed by atoms with Crippen LogP contribution in [0.15, 0.2) is 60.6 Å². The molecule has 7 rings (SSSR count). The molecular formula is C30H31F2N9O. The first-order valence-electron chi connectivity index (χ1n) is 14.3. The average molecular weight is 572 g/mol. The number of imidazole rings is 1. The van der Waals surface area contributed by atoms with Crippen molar-refractivity contribution >= 4 is 34.5 Å². The zero-order chi connectivity index (χ0) is 28.8. The first kappa shape index (κ1) is 26.4. The van der Waals surface area contributed by atoms with Gasteiger partial charge in [0.05, 0.1) is 22.3 Å². The van der Waals surface area contributed by atoms with Crippen molar-refractivity contribution in [1.82, 2.24) is 34.7 Å². The maximum atomic E-state index is 13.3. The maximum Gasteiger partial charge on any atom is 0.297 e. The van der Waals surface area contributed by atoms with Crippen LogP contribution in [0.3, 0.4) is 0 Å². The zero-order valence-corrected chi connectivity index (χ0v) is 23.2. The highest BCUT2D eigenvalue weighted by Gasteiger charge is 2.51. The van der Waals surface area contributed by atoms with E-state index in [1.165, 1.54) is 17.7 Å². The van der Waals surface area contributed by atoms with E-state index in [0.717, 1.165) is 52.8 Å². The molecule has 10 nitrogen and oxygen atoms in total. The van der Waals surface area contributed by atoms with Crippen molar-refractivity contribution in [3.05, 3.63) is 66.1 Å². The minimum absolute atomic E-state index is 0.0592. The Kier molecular flexibility index (Phi) is 6.57. The molecule has 3 aromatic heterocycles. The average Bonchev–Trinajstić information content (AvgIpc) is 3.36. The molecule has 2 saturated heterocycles. The van der Waals surface area contributed by atoms with Gasteiger partial charge in [0, 0.05) is 69.2 Å². The number of hydrogen-bond donors (Lipinski definition) is 2. The summed E-state index contributed by atoms with van der Waals surface area (Å²) in [5, 5.41) is 3.29. The lowest BCUT2D eigenvalue weighted by Gasteiger charge is -2.38. The van der Waals surface area contributed by atoms with Gasteiger partial charge in [0.25, 0.3) is 11.8 Å². The molecule has 1 unspecified atom stereocenters. The van der Waals surface area contributed by atoms with Crippen LogP contribution in [0.5, 0.6) is 0 Å². The number of carbonyl (C=O) groups excluding carboxylic acids is 1. The summed E-state index contributed by atoms with van der Waals surface area (Å²) in [5.41, 5.74) is 4.24. The van der Waals surface area contributed by atoms with Gasteiger partial charge < -0.3 is 20.1 Å². The van der Waals surface area contributed by atoms with E-state index in [0.29, 0.717) is 37.9 Å². The molecular weight excluding hydrogens is 540 g/mol. The quantitative estimate of drug-likeness (QED) is 0.333. The number of nitrogens with zero attached hydrogens (tertiary/aromatic N) is 7. The number of rotatable bonds is 7. The van der Waals surface area contributed by atoms with Gasteiger partial charge in [0.2, 0.25) is 5.95 Å². The largest absolute Gasteiger partial charge is 0.357 e. The second-order valence-electron chi connectivity index (χ2n) is 11.1. The smallest absolute Gasteiger partial charge is 0.297 e. The van der Waals surface area contributed by atoms with Gasteiger partial charge in [-0.1, -0.05) is 6.07 Å². The minimum atomic E-state index is -3.03. The highest BCUT2D eigenvalue weighted by molar-refractivity contribution is 6.00. The van der Waals surface area contributed by atoms with E-state index in [1.807, 2.05) is 36.4 Å². The summed E-state index contributed by atoms with van der Waals surface area (Å²) in [6, 6.07) is 12.1. The number of piperazine rings is 1. The molecule has 1 amide bonds. The van der Waals surface area contributed by atoms with Gasteiger partial charge in [-0.15, -0.1) is 0 Å². The third-order valence-corrected chi connectivity index (χ3v) is 8.35. The van der Waals surface area contributed by atoms with Gasteiger partial charge in [0.1, 0.15) is 18.0 Å². The molecule has 2 fully saturated rings. The third-order valence-electron chi connectivity index (χ3n) is 8.35. The van der Waals surface area contributed by atoms with Crippen LogP contribution in [-0.2, 0) is 4.79 Å². The lowest BCUT2D eigenvalue weighted by Crippen LogP contribution is -2.49. The van der Waals surface area contributed by atoms with Gasteiger partial charge >= 0.3 is 0 Å². The number of alkyl halides is 2. The van der Waals surface area contributed by atoms with E-state index in [4.69, 9.17) is 0 Å². The van der Waals surface area contributed by atoms with Crippen LogP contribution in [-0.4, -0.2) is 85.8 Å². The van der Waals surface area contributed by atoms with E-state index < -0.39 is 11.8 Å². The summed E-state index contributed by atoms with van der Waals surface area (Å²) in [4.78, 5) is 39.8. The Hall–Kier alpha value is -4.45. The fourth-order valence-corrected chi connectivity index (χ4v) is 5.79. The Morgan fingerprint density at radius 3 is 2.55 bits per heavy atom. The molecule has 1 aliphatic carbocycles. The molecule has 0 bridgehead atoms. The maximum absolute atomic E-state index is 13.3. The number of anilines is 3. The monoisotopic (exact) mass is 571 g/mol. The van der Waals surface area contributed by atoms with Gasteiger partial charge in [-0.3, -0.25) is 9.69 Å². The molecule has 1 aromatic carbocycles. The Labute approximate surface area is 241 Å². The number of amides is 1. The standard InChI is InChI=1S/C30H31F2N9O/c1-19(39-10-12-41(13-11-39)28(42)22-17-30(22,31)32)20-6-7-33-26(15-20)38-29-36-23-5-4-21(14-25(23)37-29)24-16-27(35-18-34-24)40-8-2-3-9-40/h4-7,14-19H,2-3,8-13H2,1H3,(H2,33,36,37,38). The topological polar surface area (TPSA) is 106 Å². The second kappa shape index (κ2) is 10.4. The number of nitrogens with one attached hydrogen (secondary N) is 2. The number of aromatic nitrogens is 5. The number of benzene rings is 1. The molecule has 42 heavy (non-hydrogen) atoms. The van der Waals surface area contributed by atoms with Gasteiger partial charge in [-0.2, -0.15) is 8.78 Å². The molecule has 0 saturated carbocycles. The van der Waals surface area contributed by atoms with Gasteiger partial charge in [0.15, 0.2) is 0 Å². The molecule has 216 valence electrons. The number of pyridine rings is 1. The van der Waals surface area contributed by atoms with E-state index in [9.17, 15) is 13.6 Å². The lowest BCUT2D eigenvalue weighted by atomic mass is 10.1. The predicted molar refractivity (Wildman–Crippen MR) is 156 cm³/mol. The molecule has 4 aromatic rings. The van der Waals surface area contributed by atoms with Gasteiger partial charge in [-0.05, 0) is 49.6 Å². The van der Waals surface area contributed by atoms with Crippen molar-refractivity contribution in [2.75, 3.05) is 49.5 Å². The lowest BCUT2D eigenvalue weighted by molar-refractivity contribution is -0.129. The molecule has 12 heteroatoms. The summed E-state index contributed by atoms with van der Waals surface area (Å²) < 4.78 is 26.5. The Bertz CT molecular complexity index is 1670. The first-order valence-corrected chi connectivity index (χ1v) is 14.3. The van der Waals surface area contributed by atoms with Crippen LogP contribution in [0.25, 0.3) is 22.3 Å². The number of H-pyrrole nitrogens is 1. The van der Waals surface area contributed by atoms with Crippen molar-refractivity contribution in [3.63, 3.8) is 0 Å². The SMILES string of the molecule is CC(c1ccnc(Nc2nc3ccc(-c4cc(N5CCCC5)ncn4)cc3[nH]2)c1)N1CCN(C(=O)C2=CC2(F)F)CC1.